The topological polar surface area (TPSA) is 41.5 Å². The van der Waals surface area contributed by atoms with E-state index in [-0.39, 0.29) is 0 Å². The summed E-state index contributed by atoms with van der Waals surface area (Å²) in [6.45, 7) is 3.03. The first-order valence-electron chi connectivity index (χ1n) is 4.68. The summed E-state index contributed by atoms with van der Waals surface area (Å²) in [4.78, 5) is 1.29. The minimum absolute atomic E-state index is 0.293. The minimum Gasteiger partial charge on any atom is -0.389 e. The van der Waals surface area contributed by atoms with Gasteiger partial charge in [-0.05, 0) is 18.4 Å². The van der Waals surface area contributed by atoms with Crippen LogP contribution < -0.4 is 5.32 Å². The van der Waals surface area contributed by atoms with Crippen LogP contribution in [0.15, 0.2) is 17.5 Å². The molecule has 1 heterocycles. The van der Waals surface area contributed by atoms with Crippen molar-refractivity contribution in [2.45, 2.75) is 19.1 Å². The van der Waals surface area contributed by atoms with Crippen LogP contribution in [0.1, 0.15) is 17.8 Å². The van der Waals surface area contributed by atoms with E-state index in [0.29, 0.717) is 19.2 Å². The van der Waals surface area contributed by atoms with E-state index in [2.05, 4.69) is 23.7 Å². The normalized spacial score (nSPS) is 15.4. The van der Waals surface area contributed by atoms with Crippen LogP contribution in [0.4, 0.5) is 0 Å². The number of nitrogens with one attached hydrogen (secondary N) is 1. The van der Waals surface area contributed by atoms with Gasteiger partial charge in [-0.1, -0.05) is 6.07 Å². The van der Waals surface area contributed by atoms with Crippen LogP contribution in [0, 0.1) is 0 Å². The molecule has 1 unspecified atom stereocenters. The first-order chi connectivity index (χ1) is 6.74. The molecule has 1 aromatic heterocycles. The molecule has 0 fully saturated rings. The van der Waals surface area contributed by atoms with Crippen LogP contribution in [-0.2, 0) is 4.74 Å². The Labute approximate surface area is 88.7 Å². The number of aliphatic hydroxyl groups is 1. The second-order valence-corrected chi connectivity index (χ2v) is 4.23. The largest absolute Gasteiger partial charge is 0.389 e. The van der Waals surface area contributed by atoms with Gasteiger partial charge in [0.2, 0.25) is 0 Å². The molecule has 0 spiro atoms. The van der Waals surface area contributed by atoms with Gasteiger partial charge in [0, 0.05) is 24.6 Å². The van der Waals surface area contributed by atoms with Gasteiger partial charge in [0.05, 0.1) is 12.7 Å². The molecule has 0 aromatic carbocycles. The third kappa shape index (κ3) is 3.75. The van der Waals surface area contributed by atoms with Crippen LogP contribution in [0.25, 0.3) is 0 Å². The summed E-state index contributed by atoms with van der Waals surface area (Å²) in [7, 11) is 1.59. The van der Waals surface area contributed by atoms with Gasteiger partial charge in [0.25, 0.3) is 0 Å². The van der Waals surface area contributed by atoms with Crippen molar-refractivity contribution < 1.29 is 9.84 Å². The Hall–Kier alpha value is -0.420. The SMILES string of the molecule is COCC(O)CN[C@@H](C)c1cccs1. The van der Waals surface area contributed by atoms with Gasteiger partial charge in [-0.2, -0.15) is 0 Å². The number of hydrogen-bond acceptors (Lipinski definition) is 4. The zero-order chi connectivity index (χ0) is 10.4. The molecule has 0 amide bonds. The maximum absolute atomic E-state index is 9.41. The highest BCUT2D eigenvalue weighted by atomic mass is 32.1. The van der Waals surface area contributed by atoms with E-state index >= 15 is 0 Å². The van der Waals surface area contributed by atoms with E-state index in [4.69, 9.17) is 4.74 Å². The highest BCUT2D eigenvalue weighted by Crippen LogP contribution is 2.17. The highest BCUT2D eigenvalue weighted by Gasteiger charge is 2.08. The van der Waals surface area contributed by atoms with E-state index < -0.39 is 6.10 Å². The lowest BCUT2D eigenvalue weighted by atomic mass is 10.2. The van der Waals surface area contributed by atoms with Crippen molar-refractivity contribution in [1.29, 1.82) is 0 Å². The molecule has 2 N–H and O–H groups in total. The predicted molar refractivity (Wildman–Crippen MR) is 58.6 cm³/mol. The van der Waals surface area contributed by atoms with Crippen molar-refractivity contribution >= 4 is 11.3 Å². The highest BCUT2D eigenvalue weighted by molar-refractivity contribution is 7.10. The summed E-state index contributed by atoms with van der Waals surface area (Å²) >= 11 is 1.72. The summed E-state index contributed by atoms with van der Waals surface area (Å²) in [6, 6.07) is 4.41. The lowest BCUT2D eigenvalue weighted by Crippen LogP contribution is -2.31. The van der Waals surface area contributed by atoms with Crippen LogP contribution >= 0.6 is 11.3 Å². The lowest BCUT2D eigenvalue weighted by Gasteiger charge is -2.15. The van der Waals surface area contributed by atoms with E-state index in [1.807, 2.05) is 6.07 Å². The van der Waals surface area contributed by atoms with Gasteiger partial charge in [0.15, 0.2) is 0 Å². The molecule has 0 aliphatic heterocycles. The predicted octanol–water partition coefficient (Wildman–Crippen LogP) is 1.41. The Morgan fingerprint density at radius 1 is 1.64 bits per heavy atom. The van der Waals surface area contributed by atoms with Crippen molar-refractivity contribution in [2.24, 2.45) is 0 Å². The van der Waals surface area contributed by atoms with Gasteiger partial charge in [-0.3, -0.25) is 0 Å². The monoisotopic (exact) mass is 215 g/mol. The molecule has 1 aromatic rings. The van der Waals surface area contributed by atoms with Gasteiger partial charge >= 0.3 is 0 Å². The summed E-state index contributed by atoms with van der Waals surface area (Å²) in [6.07, 6.45) is -0.428. The number of ether oxygens (including phenoxy) is 1. The third-order valence-corrected chi connectivity index (χ3v) is 3.04. The van der Waals surface area contributed by atoms with Gasteiger partial charge in [-0.15, -0.1) is 11.3 Å². The summed E-state index contributed by atoms with van der Waals surface area (Å²) in [5, 5.41) is 14.7. The van der Waals surface area contributed by atoms with Crippen molar-refractivity contribution in [1.82, 2.24) is 5.32 Å². The van der Waals surface area contributed by atoms with Crippen LogP contribution in [0.3, 0.4) is 0 Å². The average Bonchev–Trinajstić information content (AvgIpc) is 2.67. The summed E-state index contributed by atoms with van der Waals surface area (Å²) < 4.78 is 4.84. The number of rotatable bonds is 6. The maximum Gasteiger partial charge on any atom is 0.0897 e. The molecule has 0 bridgehead atoms. The smallest absolute Gasteiger partial charge is 0.0897 e. The Balaban J connectivity index is 2.24. The number of hydrogen-bond donors (Lipinski definition) is 2. The van der Waals surface area contributed by atoms with Crippen molar-refractivity contribution in [3.63, 3.8) is 0 Å². The van der Waals surface area contributed by atoms with E-state index in [1.165, 1.54) is 4.88 Å². The molecule has 0 aliphatic carbocycles. The maximum atomic E-state index is 9.41. The van der Waals surface area contributed by atoms with Crippen molar-refractivity contribution in [2.75, 3.05) is 20.3 Å². The molecule has 4 heteroatoms. The van der Waals surface area contributed by atoms with E-state index in [0.717, 1.165) is 0 Å². The van der Waals surface area contributed by atoms with E-state index in [9.17, 15) is 5.11 Å². The lowest BCUT2D eigenvalue weighted by molar-refractivity contribution is 0.0631. The molecule has 0 saturated carbocycles. The molecule has 0 radical (unpaired) electrons. The molecule has 14 heavy (non-hydrogen) atoms. The number of thiophene rings is 1. The second-order valence-electron chi connectivity index (χ2n) is 3.25. The van der Waals surface area contributed by atoms with Crippen molar-refractivity contribution in [3.05, 3.63) is 22.4 Å². The number of methoxy groups -OCH3 is 1. The van der Waals surface area contributed by atoms with Gasteiger partial charge in [0.1, 0.15) is 0 Å². The molecule has 80 valence electrons. The molecule has 1 rings (SSSR count). The van der Waals surface area contributed by atoms with Crippen molar-refractivity contribution in [3.8, 4) is 0 Å². The van der Waals surface area contributed by atoms with Crippen LogP contribution in [-0.4, -0.2) is 31.5 Å². The Morgan fingerprint density at radius 2 is 2.43 bits per heavy atom. The average molecular weight is 215 g/mol. The first kappa shape index (κ1) is 11.7. The second kappa shape index (κ2) is 6.14. The molecule has 0 aliphatic rings. The summed E-state index contributed by atoms with van der Waals surface area (Å²) in [5.74, 6) is 0. The fourth-order valence-corrected chi connectivity index (χ4v) is 1.96. The first-order valence-corrected chi connectivity index (χ1v) is 5.55. The quantitative estimate of drug-likeness (QED) is 0.754. The van der Waals surface area contributed by atoms with Gasteiger partial charge < -0.3 is 15.2 Å². The zero-order valence-electron chi connectivity index (χ0n) is 8.56. The third-order valence-electron chi connectivity index (χ3n) is 1.99. The summed E-state index contributed by atoms with van der Waals surface area (Å²) in [5.41, 5.74) is 0. The fourth-order valence-electron chi connectivity index (χ4n) is 1.20. The van der Waals surface area contributed by atoms with Crippen LogP contribution in [0.5, 0.6) is 0 Å². The molecular weight excluding hydrogens is 198 g/mol. The molecule has 0 saturated heterocycles. The number of aliphatic hydroxyl groups excluding tert-OH is 1. The van der Waals surface area contributed by atoms with Gasteiger partial charge in [-0.25, -0.2) is 0 Å². The minimum atomic E-state index is -0.428. The zero-order valence-corrected chi connectivity index (χ0v) is 9.38. The van der Waals surface area contributed by atoms with E-state index in [1.54, 1.807) is 18.4 Å². The standard InChI is InChI=1S/C10H17NO2S/c1-8(10-4-3-5-14-10)11-6-9(12)7-13-2/h3-5,8-9,11-12H,6-7H2,1-2H3/t8-,9?/m0/s1. The molecular formula is C10H17NO2S. The van der Waals surface area contributed by atoms with Crippen LogP contribution in [0.2, 0.25) is 0 Å². The molecule has 3 nitrogen and oxygen atoms in total. The fraction of sp³-hybridized carbons (Fsp3) is 0.600. The Bertz CT molecular complexity index is 238. The molecule has 2 atom stereocenters. The Morgan fingerprint density at radius 3 is 3.00 bits per heavy atom. The Kier molecular flexibility index (Phi) is 5.11.